The molecule has 3 N–H and O–H groups in total. The summed E-state index contributed by atoms with van der Waals surface area (Å²) in [6.45, 7) is 5.15. The molecule has 0 amide bonds. The molecule has 1 atom stereocenters. The lowest BCUT2D eigenvalue weighted by molar-refractivity contribution is 0.138. The topological polar surface area (TPSA) is 50.5 Å². The number of hydrogen-bond donors (Lipinski definition) is 2. The molecule has 1 aromatic rings. The number of rotatable bonds is 4. The van der Waals surface area contributed by atoms with Gasteiger partial charge in [-0.3, -0.25) is 11.3 Å². The van der Waals surface area contributed by atoms with E-state index in [9.17, 15) is 0 Å². The molecular weight excluding hydrogens is 226 g/mol. The molecule has 0 aromatic heterocycles. The summed E-state index contributed by atoms with van der Waals surface area (Å²) >= 11 is 0. The zero-order chi connectivity index (χ0) is 13.3. The second-order valence-electron chi connectivity index (χ2n) is 5.61. The average molecular weight is 249 g/mol. The maximum atomic E-state index is 5.77. The number of hydrazine groups is 1. The van der Waals surface area contributed by atoms with Crippen molar-refractivity contribution in [2.75, 3.05) is 20.7 Å². The smallest absolute Gasteiger partial charge is 0.122 e. The summed E-state index contributed by atoms with van der Waals surface area (Å²) in [5, 5.41) is 0. The summed E-state index contributed by atoms with van der Waals surface area (Å²) in [5.41, 5.74) is 5.37. The first-order chi connectivity index (χ1) is 8.46. The van der Waals surface area contributed by atoms with Crippen LogP contribution in [0.1, 0.15) is 31.0 Å². The van der Waals surface area contributed by atoms with Gasteiger partial charge >= 0.3 is 0 Å². The maximum absolute atomic E-state index is 5.77. The van der Waals surface area contributed by atoms with Gasteiger partial charge in [0.15, 0.2) is 0 Å². The van der Waals surface area contributed by atoms with E-state index in [-0.39, 0.29) is 11.6 Å². The van der Waals surface area contributed by atoms with Gasteiger partial charge in [-0.2, -0.15) is 0 Å². The van der Waals surface area contributed by atoms with Gasteiger partial charge in [-0.25, -0.2) is 0 Å². The molecule has 0 bridgehead atoms. The highest BCUT2D eigenvalue weighted by atomic mass is 16.5. The molecule has 4 nitrogen and oxygen atoms in total. The van der Waals surface area contributed by atoms with E-state index in [0.717, 1.165) is 18.8 Å². The standard InChI is InChI=1S/C14H23N3O/c1-14(2,17(3)4)13(16-15)11-5-6-12-10(9-11)7-8-18-12/h5-6,9,13,16H,7-8,15H2,1-4H3. The Kier molecular flexibility index (Phi) is 3.61. The molecule has 18 heavy (non-hydrogen) atoms. The number of nitrogens with zero attached hydrogens (tertiary/aromatic N) is 1. The number of nitrogens with two attached hydrogens (primary N) is 1. The highest BCUT2D eigenvalue weighted by Gasteiger charge is 2.32. The van der Waals surface area contributed by atoms with Crippen LogP contribution >= 0.6 is 0 Å². The van der Waals surface area contributed by atoms with Crippen LogP contribution in [0.25, 0.3) is 0 Å². The largest absolute Gasteiger partial charge is 0.493 e. The van der Waals surface area contributed by atoms with E-state index in [2.05, 4.69) is 50.4 Å². The van der Waals surface area contributed by atoms with Gasteiger partial charge in [0.1, 0.15) is 5.75 Å². The Morgan fingerprint density at radius 2 is 2.11 bits per heavy atom. The minimum Gasteiger partial charge on any atom is -0.493 e. The van der Waals surface area contributed by atoms with Gasteiger partial charge in [0.25, 0.3) is 0 Å². The summed E-state index contributed by atoms with van der Waals surface area (Å²) in [5.74, 6) is 6.78. The Hall–Kier alpha value is -1.10. The van der Waals surface area contributed by atoms with Crippen LogP contribution in [0.15, 0.2) is 18.2 Å². The van der Waals surface area contributed by atoms with Crippen LogP contribution < -0.4 is 16.0 Å². The van der Waals surface area contributed by atoms with Crippen molar-refractivity contribution in [1.82, 2.24) is 10.3 Å². The molecule has 1 unspecified atom stereocenters. The predicted octanol–water partition coefficient (Wildman–Crippen LogP) is 1.47. The van der Waals surface area contributed by atoms with Gasteiger partial charge in [-0.05, 0) is 45.1 Å². The molecule has 1 aliphatic heterocycles. The predicted molar refractivity (Wildman–Crippen MR) is 73.5 cm³/mol. The fraction of sp³-hybridized carbons (Fsp3) is 0.571. The molecule has 0 fully saturated rings. The summed E-state index contributed by atoms with van der Waals surface area (Å²) in [6.07, 6.45) is 0.989. The SMILES string of the molecule is CN(C)C(C)(C)C(NN)c1ccc2c(c1)CCO2. The van der Waals surface area contributed by atoms with E-state index >= 15 is 0 Å². The van der Waals surface area contributed by atoms with Crippen LogP contribution in [0.4, 0.5) is 0 Å². The Labute approximate surface area is 109 Å². The molecule has 0 aliphatic carbocycles. The third kappa shape index (κ3) is 2.23. The minimum atomic E-state index is -0.0670. The van der Waals surface area contributed by atoms with Crippen molar-refractivity contribution >= 4 is 0 Å². The fourth-order valence-electron chi connectivity index (χ4n) is 2.35. The van der Waals surface area contributed by atoms with Crippen LogP contribution in [0.3, 0.4) is 0 Å². The van der Waals surface area contributed by atoms with E-state index in [1.165, 1.54) is 11.1 Å². The summed E-state index contributed by atoms with van der Waals surface area (Å²) in [6, 6.07) is 6.43. The first-order valence-electron chi connectivity index (χ1n) is 6.36. The molecule has 1 aromatic carbocycles. The van der Waals surface area contributed by atoms with Crippen LogP contribution in [0, 0.1) is 0 Å². The van der Waals surface area contributed by atoms with E-state index in [1.54, 1.807) is 0 Å². The van der Waals surface area contributed by atoms with Crippen molar-refractivity contribution in [1.29, 1.82) is 0 Å². The van der Waals surface area contributed by atoms with Gasteiger partial charge in [-0.1, -0.05) is 12.1 Å². The van der Waals surface area contributed by atoms with Crippen molar-refractivity contribution in [2.45, 2.75) is 31.8 Å². The van der Waals surface area contributed by atoms with Gasteiger partial charge in [0, 0.05) is 12.0 Å². The van der Waals surface area contributed by atoms with Crippen LogP contribution in [-0.4, -0.2) is 31.1 Å². The minimum absolute atomic E-state index is 0.0670. The Morgan fingerprint density at radius 3 is 2.72 bits per heavy atom. The second-order valence-corrected chi connectivity index (χ2v) is 5.61. The molecule has 2 rings (SSSR count). The molecule has 0 saturated carbocycles. The monoisotopic (exact) mass is 249 g/mol. The summed E-state index contributed by atoms with van der Waals surface area (Å²) in [4.78, 5) is 2.18. The lowest BCUT2D eigenvalue weighted by atomic mass is 9.87. The van der Waals surface area contributed by atoms with E-state index in [4.69, 9.17) is 10.6 Å². The molecule has 1 heterocycles. The van der Waals surface area contributed by atoms with E-state index in [1.807, 2.05) is 6.07 Å². The third-order valence-corrected chi connectivity index (χ3v) is 4.07. The average Bonchev–Trinajstić information content (AvgIpc) is 2.76. The Bertz CT molecular complexity index is 429. The normalized spacial score (nSPS) is 16.6. The quantitative estimate of drug-likeness (QED) is 0.626. The van der Waals surface area contributed by atoms with Crippen LogP contribution in [0.2, 0.25) is 0 Å². The number of fused-ring (bicyclic) bond motifs is 1. The lowest BCUT2D eigenvalue weighted by Gasteiger charge is -2.40. The van der Waals surface area contributed by atoms with Crippen LogP contribution in [-0.2, 0) is 6.42 Å². The zero-order valence-electron chi connectivity index (χ0n) is 11.7. The molecule has 100 valence electrons. The second kappa shape index (κ2) is 4.88. The molecule has 4 heteroatoms. The van der Waals surface area contributed by atoms with Crippen molar-refractivity contribution < 1.29 is 4.74 Å². The summed E-state index contributed by atoms with van der Waals surface area (Å²) in [7, 11) is 4.14. The van der Waals surface area contributed by atoms with Crippen molar-refractivity contribution in [3.63, 3.8) is 0 Å². The number of likely N-dealkylation sites (N-methyl/N-ethyl adjacent to an activating group) is 1. The van der Waals surface area contributed by atoms with Crippen molar-refractivity contribution in [2.24, 2.45) is 5.84 Å². The molecule has 1 aliphatic rings. The first kappa shape index (κ1) is 13.3. The number of hydrogen-bond acceptors (Lipinski definition) is 4. The van der Waals surface area contributed by atoms with E-state index in [0.29, 0.717) is 0 Å². The number of ether oxygens (including phenoxy) is 1. The van der Waals surface area contributed by atoms with Crippen molar-refractivity contribution in [3.05, 3.63) is 29.3 Å². The number of nitrogens with one attached hydrogen (secondary N) is 1. The van der Waals surface area contributed by atoms with Gasteiger partial charge in [0.2, 0.25) is 0 Å². The van der Waals surface area contributed by atoms with Gasteiger partial charge in [-0.15, -0.1) is 0 Å². The van der Waals surface area contributed by atoms with Gasteiger partial charge < -0.3 is 9.64 Å². The molecule has 0 spiro atoms. The zero-order valence-corrected chi connectivity index (χ0v) is 11.7. The highest BCUT2D eigenvalue weighted by Crippen LogP contribution is 2.33. The lowest BCUT2D eigenvalue weighted by Crippen LogP contribution is -2.51. The van der Waals surface area contributed by atoms with Crippen LogP contribution in [0.5, 0.6) is 5.75 Å². The van der Waals surface area contributed by atoms with Crippen molar-refractivity contribution in [3.8, 4) is 5.75 Å². The molecule has 0 saturated heterocycles. The molecular formula is C14H23N3O. The maximum Gasteiger partial charge on any atom is 0.122 e. The van der Waals surface area contributed by atoms with E-state index < -0.39 is 0 Å². The van der Waals surface area contributed by atoms with Gasteiger partial charge in [0.05, 0.1) is 12.6 Å². The Morgan fingerprint density at radius 1 is 1.39 bits per heavy atom. The summed E-state index contributed by atoms with van der Waals surface area (Å²) < 4.78 is 5.54. The third-order valence-electron chi connectivity index (χ3n) is 4.07. The Balaban J connectivity index is 2.33. The first-order valence-corrected chi connectivity index (χ1v) is 6.36. The molecule has 0 radical (unpaired) electrons. The fourth-order valence-corrected chi connectivity index (χ4v) is 2.35. The highest BCUT2D eigenvalue weighted by molar-refractivity contribution is 5.41. The number of benzene rings is 1.